The summed E-state index contributed by atoms with van der Waals surface area (Å²) in [5.74, 6) is 0.345. The first-order valence-corrected chi connectivity index (χ1v) is 8.81. The van der Waals surface area contributed by atoms with Gasteiger partial charge in [-0.1, -0.05) is 36.8 Å². The maximum absolute atomic E-state index is 11.5. The Balaban J connectivity index is 1.61. The van der Waals surface area contributed by atoms with E-state index in [1.807, 2.05) is 54.6 Å². The quantitative estimate of drug-likeness (QED) is 0.556. The summed E-state index contributed by atoms with van der Waals surface area (Å²) in [5.41, 5.74) is 1.12. The third-order valence-corrected chi connectivity index (χ3v) is 4.32. The predicted molar refractivity (Wildman–Crippen MR) is 95.4 cm³/mol. The lowest BCUT2D eigenvalue weighted by Crippen LogP contribution is -2.42. The van der Waals surface area contributed by atoms with Gasteiger partial charge in [0.25, 0.3) is 5.79 Å². The molecule has 0 bridgehead atoms. The van der Waals surface area contributed by atoms with Crippen LogP contribution >= 0.6 is 0 Å². The normalized spacial score (nSPS) is 16.0. The van der Waals surface area contributed by atoms with Crippen LogP contribution in [0.3, 0.4) is 0 Å². The van der Waals surface area contributed by atoms with Gasteiger partial charge in [0.2, 0.25) is 0 Å². The van der Waals surface area contributed by atoms with Gasteiger partial charge in [0.05, 0.1) is 0 Å². The van der Waals surface area contributed by atoms with Crippen LogP contribution < -0.4 is 9.47 Å². The van der Waals surface area contributed by atoms with Crippen molar-refractivity contribution in [3.8, 4) is 11.5 Å². The maximum atomic E-state index is 11.5. The summed E-state index contributed by atoms with van der Waals surface area (Å²) in [4.78, 5) is 11.5. The highest BCUT2D eigenvalue weighted by Gasteiger charge is 2.37. The molecule has 1 aliphatic rings. The number of carbonyl (C=O) groups excluding carboxylic acids is 1. The first-order chi connectivity index (χ1) is 12.2. The lowest BCUT2D eigenvalue weighted by Gasteiger charge is -2.36. The Kier molecular flexibility index (Phi) is 5.59. The molecule has 1 aliphatic carbocycles. The fraction of sp³-hybridized carbons (Fsp3) is 0.381. The minimum absolute atomic E-state index is 0.301. The van der Waals surface area contributed by atoms with Crippen molar-refractivity contribution in [2.45, 2.75) is 51.4 Å². The molecule has 0 aliphatic heterocycles. The molecule has 2 aromatic rings. The second kappa shape index (κ2) is 8.06. The van der Waals surface area contributed by atoms with E-state index >= 15 is 0 Å². The molecule has 0 aromatic heterocycles. The van der Waals surface area contributed by atoms with Crippen molar-refractivity contribution in [3.05, 3.63) is 60.2 Å². The largest absolute Gasteiger partial charge is 0.489 e. The number of benzene rings is 2. The third kappa shape index (κ3) is 4.99. The lowest BCUT2D eigenvalue weighted by molar-refractivity contribution is -0.206. The summed E-state index contributed by atoms with van der Waals surface area (Å²) < 4.78 is 17.4. The summed E-state index contributed by atoms with van der Waals surface area (Å²) in [6, 6.07) is 17.5. The van der Waals surface area contributed by atoms with Gasteiger partial charge in [-0.25, -0.2) is 0 Å². The van der Waals surface area contributed by atoms with Crippen molar-refractivity contribution in [3.63, 3.8) is 0 Å². The van der Waals surface area contributed by atoms with E-state index in [0.29, 0.717) is 12.4 Å². The van der Waals surface area contributed by atoms with Gasteiger partial charge < -0.3 is 14.2 Å². The zero-order chi connectivity index (χ0) is 17.5. The van der Waals surface area contributed by atoms with Crippen LogP contribution in [0, 0.1) is 0 Å². The average molecular weight is 340 g/mol. The predicted octanol–water partition coefficient (Wildman–Crippen LogP) is 4.87. The molecule has 0 saturated heterocycles. The molecule has 0 radical (unpaired) electrons. The van der Waals surface area contributed by atoms with Crippen LogP contribution in [0.1, 0.15) is 44.6 Å². The van der Waals surface area contributed by atoms with Gasteiger partial charge >= 0.3 is 5.97 Å². The molecule has 3 rings (SSSR count). The van der Waals surface area contributed by atoms with E-state index in [-0.39, 0.29) is 5.97 Å². The van der Waals surface area contributed by atoms with Crippen LogP contribution in [0.25, 0.3) is 0 Å². The number of hydrogen-bond acceptors (Lipinski definition) is 4. The Labute approximate surface area is 148 Å². The standard InChI is InChI=1S/C21H24O4/c1-17(22)24-21(14-6-3-7-15-21)25-20-12-10-19(11-13-20)23-16-18-8-4-2-5-9-18/h2,4-5,8-13H,3,6-7,14-16H2,1H3. The van der Waals surface area contributed by atoms with E-state index in [4.69, 9.17) is 14.2 Å². The Morgan fingerprint density at radius 1 is 0.920 bits per heavy atom. The summed E-state index contributed by atoms with van der Waals surface area (Å²) in [6.07, 6.45) is 4.63. The molecule has 0 unspecified atom stereocenters. The van der Waals surface area contributed by atoms with Crippen LogP contribution in [-0.4, -0.2) is 11.8 Å². The minimum atomic E-state index is -0.823. The van der Waals surface area contributed by atoms with Crippen LogP contribution in [0.5, 0.6) is 11.5 Å². The summed E-state index contributed by atoms with van der Waals surface area (Å²) in [6.45, 7) is 1.96. The second-order valence-corrected chi connectivity index (χ2v) is 6.41. The van der Waals surface area contributed by atoms with Crippen LogP contribution in [0.2, 0.25) is 0 Å². The Morgan fingerprint density at radius 2 is 1.56 bits per heavy atom. The molecule has 1 fully saturated rings. The van der Waals surface area contributed by atoms with Gasteiger partial charge in [0, 0.05) is 19.8 Å². The van der Waals surface area contributed by atoms with Crippen molar-refractivity contribution in [1.82, 2.24) is 0 Å². The van der Waals surface area contributed by atoms with Gasteiger partial charge in [-0.3, -0.25) is 4.79 Å². The number of rotatable bonds is 6. The Morgan fingerprint density at radius 3 is 2.20 bits per heavy atom. The molecule has 2 aromatic carbocycles. The van der Waals surface area contributed by atoms with Crippen molar-refractivity contribution in [2.75, 3.05) is 0 Å². The molecule has 0 N–H and O–H groups in total. The van der Waals surface area contributed by atoms with E-state index in [1.54, 1.807) is 0 Å². The molecule has 0 amide bonds. The molecule has 0 atom stereocenters. The Hall–Kier alpha value is -2.49. The van der Waals surface area contributed by atoms with E-state index in [2.05, 4.69) is 0 Å². The van der Waals surface area contributed by atoms with E-state index < -0.39 is 5.79 Å². The van der Waals surface area contributed by atoms with E-state index in [1.165, 1.54) is 6.92 Å². The topological polar surface area (TPSA) is 44.8 Å². The second-order valence-electron chi connectivity index (χ2n) is 6.41. The highest BCUT2D eigenvalue weighted by Crippen LogP contribution is 2.34. The van der Waals surface area contributed by atoms with Crippen molar-refractivity contribution in [1.29, 1.82) is 0 Å². The SMILES string of the molecule is CC(=O)OC1(Oc2ccc(OCc3ccccc3)cc2)CCCCC1. The van der Waals surface area contributed by atoms with Gasteiger partial charge in [-0.2, -0.15) is 0 Å². The maximum Gasteiger partial charge on any atom is 0.305 e. The fourth-order valence-corrected chi connectivity index (χ4v) is 3.14. The van der Waals surface area contributed by atoms with Gasteiger partial charge in [0.15, 0.2) is 0 Å². The smallest absolute Gasteiger partial charge is 0.305 e. The molecular formula is C21H24O4. The van der Waals surface area contributed by atoms with E-state index in [9.17, 15) is 4.79 Å². The zero-order valence-electron chi connectivity index (χ0n) is 14.6. The summed E-state index contributed by atoms with van der Waals surface area (Å²) >= 11 is 0. The van der Waals surface area contributed by atoms with Gasteiger partial charge in [-0.05, 0) is 42.7 Å². The third-order valence-electron chi connectivity index (χ3n) is 4.32. The highest BCUT2D eigenvalue weighted by molar-refractivity contribution is 5.66. The molecule has 132 valence electrons. The monoisotopic (exact) mass is 340 g/mol. The average Bonchev–Trinajstić information content (AvgIpc) is 2.62. The first-order valence-electron chi connectivity index (χ1n) is 8.81. The van der Waals surface area contributed by atoms with Crippen LogP contribution in [-0.2, 0) is 16.1 Å². The molecular weight excluding hydrogens is 316 g/mol. The number of ether oxygens (including phenoxy) is 3. The fourth-order valence-electron chi connectivity index (χ4n) is 3.14. The highest BCUT2D eigenvalue weighted by atomic mass is 16.7. The lowest BCUT2D eigenvalue weighted by atomic mass is 9.94. The van der Waals surface area contributed by atoms with Crippen molar-refractivity contribution in [2.24, 2.45) is 0 Å². The molecule has 4 nitrogen and oxygen atoms in total. The summed E-state index contributed by atoms with van der Waals surface area (Å²) in [7, 11) is 0. The molecule has 25 heavy (non-hydrogen) atoms. The molecule has 4 heteroatoms. The van der Waals surface area contributed by atoms with E-state index in [0.717, 1.165) is 43.4 Å². The van der Waals surface area contributed by atoms with Crippen LogP contribution in [0.4, 0.5) is 0 Å². The van der Waals surface area contributed by atoms with Crippen molar-refractivity contribution >= 4 is 5.97 Å². The number of hydrogen-bond donors (Lipinski definition) is 0. The molecule has 0 spiro atoms. The first kappa shape index (κ1) is 17.3. The van der Waals surface area contributed by atoms with Gasteiger partial charge in [0.1, 0.15) is 18.1 Å². The summed E-state index contributed by atoms with van der Waals surface area (Å²) in [5, 5.41) is 0. The molecule has 1 saturated carbocycles. The molecule has 0 heterocycles. The number of carbonyl (C=O) groups is 1. The van der Waals surface area contributed by atoms with Crippen molar-refractivity contribution < 1.29 is 19.0 Å². The van der Waals surface area contributed by atoms with Crippen LogP contribution in [0.15, 0.2) is 54.6 Å². The Bertz CT molecular complexity index is 673. The zero-order valence-corrected chi connectivity index (χ0v) is 14.6. The van der Waals surface area contributed by atoms with Gasteiger partial charge in [-0.15, -0.1) is 0 Å². The number of esters is 1. The minimum Gasteiger partial charge on any atom is -0.489 e.